The molecule has 1 aliphatic rings. The molecule has 0 saturated carbocycles. The van der Waals surface area contributed by atoms with Crippen LogP contribution in [0.15, 0.2) is 76.9 Å². The highest BCUT2D eigenvalue weighted by atomic mass is 16.6. The van der Waals surface area contributed by atoms with Crippen LogP contribution in [0.3, 0.4) is 0 Å². The number of carbonyl (C=O) groups excluding carboxylic acids is 2. The zero-order valence-electron chi connectivity index (χ0n) is 16.5. The van der Waals surface area contributed by atoms with Crippen molar-refractivity contribution < 1.29 is 24.0 Å². The number of aliphatic hydroxyl groups is 1. The van der Waals surface area contributed by atoms with Crippen molar-refractivity contribution in [3.05, 3.63) is 105 Å². The van der Waals surface area contributed by atoms with Gasteiger partial charge in [0, 0.05) is 17.7 Å². The zero-order chi connectivity index (χ0) is 22.1. The molecule has 3 aromatic rings. The molecular weight excluding hydrogens is 400 g/mol. The monoisotopic (exact) mass is 418 g/mol. The summed E-state index contributed by atoms with van der Waals surface area (Å²) in [5.74, 6) is -1.45. The van der Waals surface area contributed by atoms with Crippen LogP contribution in [0.2, 0.25) is 0 Å². The Morgan fingerprint density at radius 2 is 1.77 bits per heavy atom. The Bertz CT molecular complexity index is 1180. The molecule has 1 fully saturated rings. The van der Waals surface area contributed by atoms with Gasteiger partial charge < -0.3 is 14.4 Å². The predicted molar refractivity (Wildman–Crippen MR) is 111 cm³/mol. The lowest BCUT2D eigenvalue weighted by Crippen LogP contribution is -2.29. The molecule has 1 amide bonds. The van der Waals surface area contributed by atoms with E-state index in [4.69, 9.17) is 4.42 Å². The second-order valence-corrected chi connectivity index (χ2v) is 7.22. The highest BCUT2D eigenvalue weighted by Crippen LogP contribution is 2.40. The summed E-state index contributed by atoms with van der Waals surface area (Å²) in [4.78, 5) is 37.6. The molecule has 1 saturated heterocycles. The molecule has 1 atom stereocenters. The van der Waals surface area contributed by atoms with E-state index in [1.54, 1.807) is 36.4 Å². The third kappa shape index (κ3) is 3.71. The molecule has 1 N–H and O–H groups in total. The zero-order valence-corrected chi connectivity index (χ0v) is 16.5. The lowest BCUT2D eigenvalue weighted by atomic mass is 9.95. The van der Waals surface area contributed by atoms with Gasteiger partial charge in [-0.1, -0.05) is 29.8 Å². The number of non-ortho nitro benzene ring substituents is 1. The van der Waals surface area contributed by atoms with Crippen LogP contribution in [0.25, 0.3) is 5.76 Å². The van der Waals surface area contributed by atoms with Gasteiger partial charge in [0.05, 0.1) is 29.3 Å². The van der Waals surface area contributed by atoms with Gasteiger partial charge in [-0.3, -0.25) is 19.7 Å². The number of aryl methyl sites for hydroxylation is 1. The quantitative estimate of drug-likeness (QED) is 0.219. The van der Waals surface area contributed by atoms with Crippen LogP contribution in [0.5, 0.6) is 0 Å². The molecule has 0 bridgehead atoms. The third-order valence-electron chi connectivity index (χ3n) is 5.19. The van der Waals surface area contributed by atoms with E-state index in [1.807, 2.05) is 6.92 Å². The van der Waals surface area contributed by atoms with E-state index in [0.29, 0.717) is 16.9 Å². The number of carbonyl (C=O) groups is 2. The molecule has 8 nitrogen and oxygen atoms in total. The molecule has 0 radical (unpaired) electrons. The van der Waals surface area contributed by atoms with E-state index in [2.05, 4.69) is 0 Å². The van der Waals surface area contributed by atoms with Crippen LogP contribution < -0.4 is 0 Å². The standard InChI is InChI=1S/C23H18N2O6/c1-14-4-6-16(7-5-14)21(26)19-20(15-8-10-17(11-9-15)25(29)30)24(23(28)22(19)27)13-18-3-2-12-31-18/h2-12,20,26H,13H2,1H3/b21-19+. The number of benzene rings is 2. The lowest BCUT2D eigenvalue weighted by molar-refractivity contribution is -0.384. The molecule has 4 rings (SSSR count). The Labute approximate surface area is 177 Å². The summed E-state index contributed by atoms with van der Waals surface area (Å²) in [5, 5.41) is 22.0. The lowest BCUT2D eigenvalue weighted by Gasteiger charge is -2.24. The Morgan fingerprint density at radius 3 is 2.35 bits per heavy atom. The maximum absolute atomic E-state index is 12.9. The molecule has 0 spiro atoms. The fourth-order valence-electron chi connectivity index (χ4n) is 3.61. The number of aliphatic hydroxyl groups excluding tert-OH is 1. The molecule has 1 unspecified atom stereocenters. The molecule has 1 aliphatic heterocycles. The summed E-state index contributed by atoms with van der Waals surface area (Å²) in [6.45, 7) is 1.90. The summed E-state index contributed by atoms with van der Waals surface area (Å²) < 4.78 is 5.33. The summed E-state index contributed by atoms with van der Waals surface area (Å²) in [6.07, 6.45) is 1.46. The predicted octanol–water partition coefficient (Wildman–Crippen LogP) is 4.12. The number of rotatable bonds is 5. The fourth-order valence-corrected chi connectivity index (χ4v) is 3.61. The molecule has 2 heterocycles. The van der Waals surface area contributed by atoms with Crippen molar-refractivity contribution >= 4 is 23.1 Å². The Balaban J connectivity index is 1.85. The van der Waals surface area contributed by atoms with E-state index in [9.17, 15) is 24.8 Å². The van der Waals surface area contributed by atoms with E-state index < -0.39 is 22.7 Å². The van der Waals surface area contributed by atoms with Gasteiger partial charge in [-0.15, -0.1) is 0 Å². The van der Waals surface area contributed by atoms with Gasteiger partial charge in [0.2, 0.25) is 0 Å². The van der Waals surface area contributed by atoms with Crippen molar-refractivity contribution in [1.82, 2.24) is 4.90 Å². The van der Waals surface area contributed by atoms with E-state index in [-0.39, 0.29) is 23.6 Å². The van der Waals surface area contributed by atoms with Gasteiger partial charge in [0.25, 0.3) is 17.4 Å². The van der Waals surface area contributed by atoms with Crippen molar-refractivity contribution in [2.24, 2.45) is 0 Å². The van der Waals surface area contributed by atoms with Crippen LogP contribution in [-0.2, 0) is 16.1 Å². The third-order valence-corrected chi connectivity index (χ3v) is 5.19. The Morgan fingerprint density at radius 1 is 1.10 bits per heavy atom. The summed E-state index contributed by atoms with van der Waals surface area (Å²) in [6, 6.07) is 14.9. The largest absolute Gasteiger partial charge is 0.507 e. The van der Waals surface area contributed by atoms with Gasteiger partial charge >= 0.3 is 0 Å². The topological polar surface area (TPSA) is 114 Å². The van der Waals surface area contributed by atoms with Gasteiger partial charge in [0.15, 0.2) is 0 Å². The average Bonchev–Trinajstić information content (AvgIpc) is 3.36. The minimum absolute atomic E-state index is 0.00387. The minimum Gasteiger partial charge on any atom is -0.507 e. The fraction of sp³-hybridized carbons (Fsp3) is 0.130. The first-order chi connectivity index (χ1) is 14.9. The number of nitro groups is 1. The molecule has 8 heteroatoms. The second-order valence-electron chi connectivity index (χ2n) is 7.22. The number of ketones is 1. The molecule has 1 aromatic heterocycles. The summed E-state index contributed by atoms with van der Waals surface area (Å²) in [7, 11) is 0. The number of hydrogen-bond donors (Lipinski definition) is 1. The molecule has 2 aromatic carbocycles. The minimum atomic E-state index is -0.924. The maximum Gasteiger partial charge on any atom is 0.296 e. The van der Waals surface area contributed by atoms with Crippen LogP contribution >= 0.6 is 0 Å². The number of nitrogens with zero attached hydrogens (tertiary/aromatic N) is 2. The van der Waals surface area contributed by atoms with Gasteiger partial charge in [0.1, 0.15) is 11.5 Å². The van der Waals surface area contributed by atoms with Crippen molar-refractivity contribution in [2.45, 2.75) is 19.5 Å². The first-order valence-electron chi connectivity index (χ1n) is 9.49. The average molecular weight is 418 g/mol. The van der Waals surface area contributed by atoms with Gasteiger partial charge in [-0.05, 0) is 36.8 Å². The van der Waals surface area contributed by atoms with Crippen molar-refractivity contribution in [3.63, 3.8) is 0 Å². The molecular formula is C23H18N2O6. The van der Waals surface area contributed by atoms with Crippen molar-refractivity contribution in [1.29, 1.82) is 0 Å². The Kier molecular flexibility index (Phi) is 5.12. The van der Waals surface area contributed by atoms with Crippen LogP contribution in [0, 0.1) is 17.0 Å². The van der Waals surface area contributed by atoms with Crippen LogP contribution in [0.1, 0.15) is 28.5 Å². The number of hydrogen-bond acceptors (Lipinski definition) is 6. The highest BCUT2D eigenvalue weighted by molar-refractivity contribution is 6.46. The van der Waals surface area contributed by atoms with Gasteiger partial charge in [-0.25, -0.2) is 0 Å². The SMILES string of the molecule is Cc1ccc(/C(O)=C2\C(=O)C(=O)N(Cc3ccco3)C2c2ccc([N+](=O)[O-])cc2)cc1. The number of likely N-dealkylation sites (tertiary alicyclic amines) is 1. The number of Topliss-reactive ketones (excluding diaryl/α,β-unsaturated/α-hetero) is 1. The van der Waals surface area contributed by atoms with E-state index in [1.165, 1.54) is 35.4 Å². The number of amides is 1. The van der Waals surface area contributed by atoms with Crippen LogP contribution in [0.4, 0.5) is 5.69 Å². The molecule has 31 heavy (non-hydrogen) atoms. The first-order valence-corrected chi connectivity index (χ1v) is 9.49. The highest BCUT2D eigenvalue weighted by Gasteiger charge is 2.46. The second kappa shape index (κ2) is 7.91. The van der Waals surface area contributed by atoms with Crippen LogP contribution in [-0.4, -0.2) is 26.6 Å². The van der Waals surface area contributed by atoms with Crippen molar-refractivity contribution in [3.8, 4) is 0 Å². The Hall–Kier alpha value is -4.20. The first kappa shape index (κ1) is 20.1. The summed E-state index contributed by atoms with van der Waals surface area (Å²) >= 11 is 0. The number of furan rings is 1. The van der Waals surface area contributed by atoms with E-state index >= 15 is 0 Å². The maximum atomic E-state index is 12.9. The summed E-state index contributed by atoms with van der Waals surface area (Å²) in [5.41, 5.74) is 1.64. The molecule has 0 aliphatic carbocycles. The smallest absolute Gasteiger partial charge is 0.296 e. The number of nitro benzene ring substituents is 1. The van der Waals surface area contributed by atoms with E-state index in [0.717, 1.165) is 5.56 Å². The van der Waals surface area contributed by atoms with Crippen molar-refractivity contribution in [2.75, 3.05) is 0 Å². The molecule has 156 valence electrons. The normalized spacial score (nSPS) is 17.8. The van der Waals surface area contributed by atoms with Gasteiger partial charge in [-0.2, -0.15) is 0 Å².